The molecule has 1 heterocycles. The molecule has 1 aliphatic heterocycles. The van der Waals surface area contributed by atoms with Crippen LogP contribution < -0.4 is 15.4 Å². The van der Waals surface area contributed by atoms with E-state index in [-0.39, 0.29) is 6.03 Å². The van der Waals surface area contributed by atoms with E-state index in [9.17, 15) is 4.79 Å². The third kappa shape index (κ3) is 8.05. The molecule has 0 saturated carbocycles. The molecule has 2 N–H and O–H groups in total. The Kier molecular flexibility index (Phi) is 9.00. The van der Waals surface area contributed by atoms with E-state index in [1.54, 1.807) is 0 Å². The molecule has 0 spiro atoms. The lowest BCUT2D eigenvalue weighted by Crippen LogP contribution is -2.34. The van der Waals surface area contributed by atoms with E-state index in [1.165, 1.54) is 12.8 Å². The maximum Gasteiger partial charge on any atom is 0.319 e. The summed E-state index contributed by atoms with van der Waals surface area (Å²) in [6.07, 6.45) is 3.48. The lowest BCUT2D eigenvalue weighted by molar-refractivity contribution is 0.0889. The minimum absolute atomic E-state index is 0.155. The van der Waals surface area contributed by atoms with Crippen LogP contribution in [0, 0.1) is 5.92 Å². The molecule has 6 nitrogen and oxygen atoms in total. The minimum Gasteiger partial charge on any atom is -0.491 e. The molecular formula is C24H33N3O3. The van der Waals surface area contributed by atoms with Crippen LogP contribution in [0.5, 0.6) is 5.75 Å². The molecule has 162 valence electrons. The molecule has 2 aromatic rings. The van der Waals surface area contributed by atoms with Crippen molar-refractivity contribution in [1.29, 1.82) is 0 Å². The van der Waals surface area contributed by atoms with Crippen molar-refractivity contribution in [2.75, 3.05) is 45.2 Å². The fraction of sp³-hybridized carbons (Fsp3) is 0.458. The van der Waals surface area contributed by atoms with Crippen LogP contribution in [0.4, 0.5) is 10.5 Å². The molecule has 0 unspecified atom stereocenters. The van der Waals surface area contributed by atoms with E-state index in [0.717, 1.165) is 36.5 Å². The highest BCUT2D eigenvalue weighted by Gasteiger charge is 2.16. The fourth-order valence-corrected chi connectivity index (χ4v) is 3.58. The molecule has 30 heavy (non-hydrogen) atoms. The van der Waals surface area contributed by atoms with Gasteiger partial charge in [0.25, 0.3) is 0 Å². The number of ether oxygens (including phenoxy) is 2. The number of hydrogen-bond donors (Lipinski definition) is 2. The van der Waals surface area contributed by atoms with Crippen LogP contribution in [-0.4, -0.2) is 50.8 Å². The zero-order valence-corrected chi connectivity index (χ0v) is 17.8. The third-order valence-electron chi connectivity index (χ3n) is 5.37. The second-order valence-corrected chi connectivity index (χ2v) is 7.83. The average Bonchev–Trinajstić information content (AvgIpc) is 2.76. The number of carbonyl (C=O) groups is 1. The van der Waals surface area contributed by atoms with E-state index >= 15 is 0 Å². The Morgan fingerprint density at radius 1 is 1.07 bits per heavy atom. The second kappa shape index (κ2) is 12.2. The predicted molar refractivity (Wildman–Crippen MR) is 120 cm³/mol. The van der Waals surface area contributed by atoms with E-state index < -0.39 is 0 Å². The lowest BCUT2D eigenvalue weighted by atomic mass is 9.94. The summed E-state index contributed by atoms with van der Waals surface area (Å²) in [4.78, 5) is 14.5. The van der Waals surface area contributed by atoms with E-state index in [0.29, 0.717) is 32.3 Å². The van der Waals surface area contributed by atoms with Crippen LogP contribution in [-0.2, 0) is 11.3 Å². The van der Waals surface area contributed by atoms with Crippen LogP contribution in [0.3, 0.4) is 0 Å². The molecule has 0 aromatic heterocycles. The first kappa shape index (κ1) is 22.1. The monoisotopic (exact) mass is 411 g/mol. The summed E-state index contributed by atoms with van der Waals surface area (Å²) in [5, 5.41) is 5.88. The van der Waals surface area contributed by atoms with Crippen LogP contribution in [0.15, 0.2) is 54.6 Å². The smallest absolute Gasteiger partial charge is 0.319 e. The van der Waals surface area contributed by atoms with Gasteiger partial charge in [-0.1, -0.05) is 30.3 Å². The Morgan fingerprint density at radius 3 is 2.67 bits per heavy atom. The number of carbonyl (C=O) groups excluding carboxylic acids is 1. The predicted octanol–water partition coefficient (Wildman–Crippen LogP) is 4.14. The molecular weight excluding hydrogens is 378 g/mol. The maximum atomic E-state index is 12.2. The molecule has 0 atom stereocenters. The largest absolute Gasteiger partial charge is 0.491 e. The molecule has 0 bridgehead atoms. The SMILES string of the molecule is CN1CCC(CCNC(=O)Nc2cccc(COCCOc3ccccc3)c2)CC1. The number of likely N-dealkylation sites (tertiary alicyclic amines) is 1. The quantitative estimate of drug-likeness (QED) is 0.577. The first-order valence-corrected chi connectivity index (χ1v) is 10.8. The van der Waals surface area contributed by atoms with Crippen molar-refractivity contribution >= 4 is 11.7 Å². The lowest BCUT2D eigenvalue weighted by Gasteiger charge is -2.28. The Bertz CT molecular complexity index is 761. The van der Waals surface area contributed by atoms with Crippen molar-refractivity contribution in [3.8, 4) is 5.75 Å². The summed E-state index contributed by atoms with van der Waals surface area (Å²) >= 11 is 0. The molecule has 1 fully saturated rings. The number of anilines is 1. The van der Waals surface area contributed by atoms with Crippen molar-refractivity contribution in [2.24, 2.45) is 5.92 Å². The summed E-state index contributed by atoms with van der Waals surface area (Å²) in [6.45, 7) is 4.51. The van der Waals surface area contributed by atoms with Crippen molar-refractivity contribution in [1.82, 2.24) is 10.2 Å². The Morgan fingerprint density at radius 2 is 1.87 bits per heavy atom. The standard InChI is InChI=1S/C24H33N3O3/c1-27-14-11-20(12-15-27)10-13-25-24(28)26-22-7-5-6-21(18-22)19-29-16-17-30-23-8-3-2-4-9-23/h2-9,18,20H,10-17,19H2,1H3,(H2,25,26,28). The number of nitrogens with zero attached hydrogens (tertiary/aromatic N) is 1. The number of hydrogen-bond acceptors (Lipinski definition) is 4. The maximum absolute atomic E-state index is 12.2. The first-order valence-electron chi connectivity index (χ1n) is 10.8. The van der Waals surface area contributed by atoms with Gasteiger partial charge >= 0.3 is 6.03 Å². The molecule has 6 heteroatoms. The summed E-state index contributed by atoms with van der Waals surface area (Å²) in [5.74, 6) is 1.56. The van der Waals surface area contributed by atoms with Gasteiger partial charge in [0.15, 0.2) is 0 Å². The normalized spacial score (nSPS) is 15.0. The fourth-order valence-electron chi connectivity index (χ4n) is 3.58. The molecule has 2 amide bonds. The van der Waals surface area contributed by atoms with Gasteiger partial charge in [0.05, 0.1) is 13.2 Å². The van der Waals surface area contributed by atoms with Crippen LogP contribution in [0.1, 0.15) is 24.8 Å². The van der Waals surface area contributed by atoms with E-state index in [1.807, 2.05) is 54.6 Å². The van der Waals surface area contributed by atoms with Crippen molar-refractivity contribution < 1.29 is 14.3 Å². The second-order valence-electron chi connectivity index (χ2n) is 7.83. The minimum atomic E-state index is -0.155. The van der Waals surface area contributed by atoms with Crippen LogP contribution in [0.25, 0.3) is 0 Å². The molecule has 1 saturated heterocycles. The number of amides is 2. The van der Waals surface area contributed by atoms with Gasteiger partial charge in [-0.15, -0.1) is 0 Å². The van der Waals surface area contributed by atoms with Gasteiger partial charge in [0.1, 0.15) is 12.4 Å². The third-order valence-corrected chi connectivity index (χ3v) is 5.37. The van der Waals surface area contributed by atoms with Crippen molar-refractivity contribution in [3.63, 3.8) is 0 Å². The van der Waals surface area contributed by atoms with Gasteiger partial charge in [0.2, 0.25) is 0 Å². The first-order chi connectivity index (χ1) is 14.7. The van der Waals surface area contributed by atoms with E-state index in [2.05, 4.69) is 22.6 Å². The Balaban J connectivity index is 1.30. The molecule has 0 aliphatic carbocycles. The van der Waals surface area contributed by atoms with Gasteiger partial charge in [0, 0.05) is 12.2 Å². The van der Waals surface area contributed by atoms with Crippen molar-refractivity contribution in [3.05, 3.63) is 60.2 Å². The van der Waals surface area contributed by atoms with Crippen LogP contribution >= 0.6 is 0 Å². The number of para-hydroxylation sites is 1. The zero-order chi connectivity index (χ0) is 21.0. The van der Waals surface area contributed by atoms with Gasteiger partial charge in [-0.05, 0) is 75.1 Å². The summed E-state index contributed by atoms with van der Waals surface area (Å²) in [6, 6.07) is 17.3. The van der Waals surface area contributed by atoms with Gasteiger partial charge in [-0.3, -0.25) is 0 Å². The molecule has 2 aromatic carbocycles. The number of rotatable bonds is 10. The number of piperidine rings is 1. The molecule has 3 rings (SSSR count). The summed E-state index contributed by atoms with van der Waals surface area (Å²) in [7, 11) is 2.17. The molecule has 1 aliphatic rings. The highest BCUT2D eigenvalue weighted by molar-refractivity contribution is 5.89. The average molecular weight is 412 g/mol. The zero-order valence-electron chi connectivity index (χ0n) is 17.8. The highest BCUT2D eigenvalue weighted by Crippen LogP contribution is 2.18. The van der Waals surface area contributed by atoms with Gasteiger partial charge in [-0.2, -0.15) is 0 Å². The number of nitrogens with one attached hydrogen (secondary N) is 2. The summed E-state index contributed by atoms with van der Waals surface area (Å²) in [5.41, 5.74) is 1.78. The van der Waals surface area contributed by atoms with E-state index in [4.69, 9.17) is 9.47 Å². The Hall–Kier alpha value is -2.57. The summed E-state index contributed by atoms with van der Waals surface area (Å²) < 4.78 is 11.3. The Labute approximate surface area is 179 Å². The highest BCUT2D eigenvalue weighted by atomic mass is 16.5. The van der Waals surface area contributed by atoms with Gasteiger partial charge in [-0.25, -0.2) is 4.79 Å². The topological polar surface area (TPSA) is 62.8 Å². The van der Waals surface area contributed by atoms with Crippen molar-refractivity contribution in [2.45, 2.75) is 25.9 Å². The van der Waals surface area contributed by atoms with Crippen LogP contribution in [0.2, 0.25) is 0 Å². The van der Waals surface area contributed by atoms with Gasteiger partial charge < -0.3 is 25.0 Å². The number of urea groups is 1. The molecule has 0 radical (unpaired) electrons. The number of benzene rings is 2.